The van der Waals surface area contributed by atoms with E-state index >= 15 is 0 Å². The summed E-state index contributed by atoms with van der Waals surface area (Å²) in [5.74, 6) is 0. The molecule has 0 bridgehead atoms. The fourth-order valence-electron chi connectivity index (χ4n) is 5.18. The lowest BCUT2D eigenvalue weighted by molar-refractivity contribution is -0.135. The first-order valence-corrected chi connectivity index (χ1v) is 12.9. The predicted molar refractivity (Wildman–Crippen MR) is 125 cm³/mol. The van der Waals surface area contributed by atoms with Gasteiger partial charge in [0.1, 0.15) is 10.5 Å². The van der Waals surface area contributed by atoms with Gasteiger partial charge in [-0.15, -0.1) is 11.3 Å². The Morgan fingerprint density at radius 1 is 1.31 bits per heavy atom. The Balaban J connectivity index is 1.38. The molecule has 0 aliphatic carbocycles. The highest BCUT2D eigenvalue weighted by Gasteiger charge is 2.48. The number of aliphatic hydroxyl groups excluding tert-OH is 1. The van der Waals surface area contributed by atoms with Gasteiger partial charge in [0.05, 0.1) is 32.6 Å². The number of nitrogens with zero attached hydrogens (tertiary/aromatic N) is 3. The lowest BCUT2D eigenvalue weighted by Gasteiger charge is -2.47. The van der Waals surface area contributed by atoms with Crippen molar-refractivity contribution < 1.29 is 32.5 Å². The van der Waals surface area contributed by atoms with Crippen LogP contribution in [0.3, 0.4) is 0 Å². The van der Waals surface area contributed by atoms with E-state index in [1.165, 1.54) is 0 Å². The van der Waals surface area contributed by atoms with Crippen LogP contribution in [0.15, 0.2) is 12.4 Å². The Hall–Kier alpha value is -1.50. The summed E-state index contributed by atoms with van der Waals surface area (Å²) in [6.45, 7) is 5.94. The van der Waals surface area contributed by atoms with Gasteiger partial charge in [-0.2, -0.15) is 18.3 Å². The topological polar surface area (TPSA) is 69.0 Å². The summed E-state index contributed by atoms with van der Waals surface area (Å²) in [7, 11) is 1.65. The van der Waals surface area contributed by atoms with Crippen LogP contribution in [0.25, 0.3) is 0 Å². The van der Waals surface area contributed by atoms with Gasteiger partial charge >= 0.3 is 6.18 Å². The van der Waals surface area contributed by atoms with Crippen molar-refractivity contribution in [3.8, 4) is 0 Å². The van der Waals surface area contributed by atoms with Gasteiger partial charge in [-0.3, -0.25) is 9.58 Å². The lowest BCUT2D eigenvalue weighted by Crippen LogP contribution is -2.50. The van der Waals surface area contributed by atoms with Gasteiger partial charge in [0.15, 0.2) is 0 Å². The standard InChI is InChI=1S/C24H34F3N3O4S/c1-17-12-23(21-19(4-9-34-23)20(16-31)22(35-21)24(25,26)27)5-7-29(17)14-18-13-28-30(15-18)6-3-8-33-11-10-32-2/h13,15,17,31H,3-12,14,16H2,1-2H3/t17-,23+/m0/s1. The highest BCUT2D eigenvalue weighted by atomic mass is 32.1. The number of aryl methyl sites for hydroxylation is 1. The molecule has 1 fully saturated rings. The van der Waals surface area contributed by atoms with Gasteiger partial charge in [-0.05, 0) is 38.2 Å². The molecule has 4 heterocycles. The van der Waals surface area contributed by atoms with Gasteiger partial charge in [0, 0.05) is 61.6 Å². The van der Waals surface area contributed by atoms with Crippen LogP contribution < -0.4 is 0 Å². The number of fused-ring (bicyclic) bond motifs is 2. The maximum atomic E-state index is 13.6. The fraction of sp³-hybridized carbons (Fsp3) is 0.708. The summed E-state index contributed by atoms with van der Waals surface area (Å²) < 4.78 is 59.5. The number of methoxy groups -OCH3 is 1. The largest absolute Gasteiger partial charge is 0.425 e. The molecule has 1 N–H and O–H groups in total. The van der Waals surface area contributed by atoms with Crippen molar-refractivity contribution in [3.63, 3.8) is 0 Å². The summed E-state index contributed by atoms with van der Waals surface area (Å²) in [6, 6.07) is 0.126. The van der Waals surface area contributed by atoms with Gasteiger partial charge < -0.3 is 19.3 Å². The van der Waals surface area contributed by atoms with Crippen molar-refractivity contribution in [3.05, 3.63) is 38.8 Å². The average Bonchev–Trinajstić information content (AvgIpc) is 3.43. The summed E-state index contributed by atoms with van der Waals surface area (Å²) in [4.78, 5) is 2.32. The molecule has 35 heavy (non-hydrogen) atoms. The zero-order chi connectivity index (χ0) is 25.1. The number of hydrogen-bond donors (Lipinski definition) is 1. The van der Waals surface area contributed by atoms with Gasteiger partial charge in [0.2, 0.25) is 0 Å². The maximum Gasteiger partial charge on any atom is 0.425 e. The number of rotatable bonds is 10. The van der Waals surface area contributed by atoms with Crippen LogP contribution in [0, 0.1) is 0 Å². The quantitative estimate of drug-likeness (QED) is 0.482. The summed E-state index contributed by atoms with van der Waals surface area (Å²) in [6.07, 6.45) is 1.97. The molecule has 2 aliphatic heterocycles. The van der Waals surface area contributed by atoms with Crippen molar-refractivity contribution in [1.29, 1.82) is 0 Å². The minimum atomic E-state index is -4.47. The van der Waals surface area contributed by atoms with Crippen molar-refractivity contribution >= 4 is 11.3 Å². The molecule has 2 aromatic rings. The number of hydrogen-bond acceptors (Lipinski definition) is 7. The highest BCUT2D eigenvalue weighted by molar-refractivity contribution is 7.12. The molecule has 0 radical (unpaired) electrons. The van der Waals surface area contributed by atoms with Gasteiger partial charge in [-0.1, -0.05) is 0 Å². The van der Waals surface area contributed by atoms with Crippen molar-refractivity contribution in [1.82, 2.24) is 14.7 Å². The smallest absolute Gasteiger partial charge is 0.392 e. The minimum Gasteiger partial charge on any atom is -0.392 e. The van der Waals surface area contributed by atoms with Crippen LogP contribution in [0.2, 0.25) is 0 Å². The molecule has 0 unspecified atom stereocenters. The van der Waals surface area contributed by atoms with Crippen molar-refractivity contribution in [2.75, 3.05) is 40.1 Å². The Bertz CT molecular complexity index is 980. The molecular formula is C24H34F3N3O4S. The second-order valence-corrected chi connectivity index (χ2v) is 10.3. The highest BCUT2D eigenvalue weighted by Crippen LogP contribution is 2.51. The van der Waals surface area contributed by atoms with Gasteiger partial charge in [-0.25, -0.2) is 0 Å². The third-order valence-corrected chi connectivity index (χ3v) is 8.41. The van der Waals surface area contributed by atoms with Crippen molar-refractivity contribution in [2.24, 2.45) is 0 Å². The Morgan fingerprint density at radius 2 is 2.14 bits per heavy atom. The third-order valence-electron chi connectivity index (χ3n) is 6.91. The zero-order valence-electron chi connectivity index (χ0n) is 20.3. The summed E-state index contributed by atoms with van der Waals surface area (Å²) in [5, 5.41) is 14.2. The zero-order valence-corrected chi connectivity index (χ0v) is 21.1. The van der Waals surface area contributed by atoms with E-state index in [9.17, 15) is 18.3 Å². The van der Waals surface area contributed by atoms with E-state index in [4.69, 9.17) is 14.2 Å². The molecule has 4 rings (SSSR count). The number of thiophene rings is 1. The van der Waals surface area contributed by atoms with Crippen LogP contribution in [-0.4, -0.2) is 65.9 Å². The molecule has 196 valence electrons. The van der Waals surface area contributed by atoms with Crippen LogP contribution in [0.4, 0.5) is 13.2 Å². The maximum absolute atomic E-state index is 13.6. The fourth-order valence-corrected chi connectivity index (χ4v) is 6.59. The number of alkyl halides is 3. The first kappa shape index (κ1) is 26.6. The third kappa shape index (κ3) is 5.91. The number of aliphatic hydroxyl groups is 1. The lowest BCUT2D eigenvalue weighted by atomic mass is 9.81. The SMILES string of the molecule is COCCOCCCn1cc(CN2CC[C@]3(C[C@@H]2C)OCCc2c3sc(C(F)(F)F)c2CO)cn1. The van der Waals surface area contributed by atoms with E-state index in [1.807, 2.05) is 17.1 Å². The number of piperidine rings is 1. The molecule has 0 aromatic carbocycles. The molecule has 0 amide bonds. The Labute approximate surface area is 207 Å². The molecular weight excluding hydrogens is 483 g/mol. The first-order valence-electron chi connectivity index (χ1n) is 12.1. The van der Waals surface area contributed by atoms with Crippen molar-refractivity contribution in [2.45, 2.75) is 70.1 Å². The second kappa shape index (κ2) is 11.3. The van der Waals surface area contributed by atoms with E-state index in [1.54, 1.807) is 7.11 Å². The van der Waals surface area contributed by atoms with Crippen LogP contribution in [-0.2, 0) is 52.1 Å². The number of ether oxygens (including phenoxy) is 3. The van der Waals surface area contributed by atoms with E-state index in [-0.39, 0.29) is 11.6 Å². The van der Waals surface area contributed by atoms with E-state index in [0.717, 1.165) is 36.4 Å². The number of halogens is 3. The van der Waals surface area contributed by atoms with Crippen LogP contribution >= 0.6 is 11.3 Å². The monoisotopic (exact) mass is 517 g/mol. The summed E-state index contributed by atoms with van der Waals surface area (Å²) >= 11 is 0.764. The molecule has 2 aliphatic rings. The Kier molecular flexibility index (Phi) is 8.55. The molecule has 11 heteroatoms. The molecule has 2 aromatic heterocycles. The van der Waals surface area contributed by atoms with E-state index < -0.39 is 23.3 Å². The number of aromatic nitrogens is 2. The number of likely N-dealkylation sites (tertiary alicyclic amines) is 1. The molecule has 2 atom stereocenters. The first-order chi connectivity index (χ1) is 16.8. The van der Waals surface area contributed by atoms with Crippen LogP contribution in [0.1, 0.15) is 52.6 Å². The normalized spacial score (nSPS) is 23.2. The van der Waals surface area contributed by atoms with Gasteiger partial charge in [0.25, 0.3) is 0 Å². The molecule has 0 saturated carbocycles. The average molecular weight is 518 g/mol. The van der Waals surface area contributed by atoms with E-state index in [2.05, 4.69) is 16.9 Å². The molecule has 1 saturated heterocycles. The summed E-state index contributed by atoms with van der Waals surface area (Å²) in [5.41, 5.74) is 1.07. The second-order valence-electron chi connectivity index (χ2n) is 9.31. The molecule has 7 nitrogen and oxygen atoms in total. The minimum absolute atomic E-state index is 0.0340. The predicted octanol–water partition coefficient (Wildman–Crippen LogP) is 3.96. The Morgan fingerprint density at radius 3 is 2.86 bits per heavy atom. The molecule has 1 spiro atoms. The van der Waals surface area contributed by atoms with E-state index in [0.29, 0.717) is 62.7 Å². The van der Waals surface area contributed by atoms with Crippen LogP contribution in [0.5, 0.6) is 0 Å².